The molecule has 1 amide bonds. The molecule has 5 heteroatoms. The van der Waals surface area contributed by atoms with E-state index in [1.54, 1.807) is 12.1 Å². The minimum absolute atomic E-state index is 0.0489. The van der Waals surface area contributed by atoms with Gasteiger partial charge in [-0.15, -0.1) is 0 Å². The maximum absolute atomic E-state index is 12.9. The fraction of sp³-hybridized carbons (Fsp3) is 0.632. The Morgan fingerprint density at radius 2 is 2.08 bits per heavy atom. The summed E-state index contributed by atoms with van der Waals surface area (Å²) >= 11 is 0. The summed E-state index contributed by atoms with van der Waals surface area (Å²) < 4.78 is 12.9. The lowest BCUT2D eigenvalue weighted by Gasteiger charge is -2.22. The first-order valence-corrected chi connectivity index (χ1v) is 9.07. The minimum atomic E-state index is -0.234. The van der Waals surface area contributed by atoms with Gasteiger partial charge in [0.25, 0.3) is 0 Å². The predicted molar refractivity (Wildman–Crippen MR) is 91.2 cm³/mol. The molecular weight excluding hydrogens is 307 g/mol. The predicted octanol–water partition coefficient (Wildman–Crippen LogP) is 2.28. The lowest BCUT2D eigenvalue weighted by atomic mass is 10.1. The molecule has 2 aliphatic rings. The molecule has 1 aromatic rings. The minimum Gasteiger partial charge on any atom is -0.395 e. The molecule has 0 aromatic heterocycles. The zero-order chi connectivity index (χ0) is 16.9. The number of likely N-dealkylation sites (tertiary alicyclic amines) is 1. The van der Waals surface area contributed by atoms with E-state index in [1.807, 2.05) is 0 Å². The highest BCUT2D eigenvalue weighted by Gasteiger charge is 2.43. The summed E-state index contributed by atoms with van der Waals surface area (Å²) in [7, 11) is 0. The molecule has 0 spiro atoms. The quantitative estimate of drug-likeness (QED) is 0.717. The number of carbonyl (C=O) groups excluding carboxylic acids is 1. The number of hydrogen-bond acceptors (Lipinski definition) is 3. The Kier molecular flexibility index (Phi) is 5.85. The van der Waals surface area contributed by atoms with Gasteiger partial charge in [0.15, 0.2) is 0 Å². The van der Waals surface area contributed by atoms with E-state index in [-0.39, 0.29) is 30.2 Å². The molecule has 1 saturated carbocycles. The van der Waals surface area contributed by atoms with E-state index < -0.39 is 0 Å². The van der Waals surface area contributed by atoms with Gasteiger partial charge in [-0.1, -0.05) is 12.1 Å². The third-order valence-corrected chi connectivity index (χ3v) is 5.31. The van der Waals surface area contributed by atoms with Crippen LogP contribution in [0.15, 0.2) is 24.3 Å². The molecule has 1 aromatic carbocycles. The summed E-state index contributed by atoms with van der Waals surface area (Å²) in [5.41, 5.74) is 1.06. The summed E-state index contributed by atoms with van der Waals surface area (Å²) in [5, 5.41) is 12.3. The van der Waals surface area contributed by atoms with Crippen molar-refractivity contribution in [3.8, 4) is 0 Å². The van der Waals surface area contributed by atoms with Crippen LogP contribution in [0.2, 0.25) is 0 Å². The van der Waals surface area contributed by atoms with Crippen molar-refractivity contribution in [3.63, 3.8) is 0 Å². The standard InChI is InChI=1S/C19H27FN2O2/c20-15-7-5-14(6-8-15)17-12-18(17)19(24)21-9-1-2-10-22-11-3-4-16(22)13-23/h5-8,16-18,23H,1-4,9-13H2,(H,21,24). The van der Waals surface area contributed by atoms with E-state index in [9.17, 15) is 14.3 Å². The average Bonchev–Trinajstić information content (AvgIpc) is 3.26. The number of halogens is 1. The van der Waals surface area contributed by atoms with Crippen LogP contribution in [0.25, 0.3) is 0 Å². The Morgan fingerprint density at radius 1 is 1.29 bits per heavy atom. The first-order chi connectivity index (χ1) is 11.7. The highest BCUT2D eigenvalue weighted by atomic mass is 19.1. The fourth-order valence-corrected chi connectivity index (χ4v) is 3.74. The topological polar surface area (TPSA) is 52.6 Å². The Hall–Kier alpha value is -1.46. The number of aliphatic hydroxyl groups excluding tert-OH is 1. The summed E-state index contributed by atoms with van der Waals surface area (Å²) in [6, 6.07) is 6.81. The largest absolute Gasteiger partial charge is 0.395 e. The molecular formula is C19H27FN2O2. The average molecular weight is 334 g/mol. The van der Waals surface area contributed by atoms with Crippen LogP contribution >= 0.6 is 0 Å². The van der Waals surface area contributed by atoms with Gasteiger partial charge in [0.05, 0.1) is 6.61 Å². The van der Waals surface area contributed by atoms with Gasteiger partial charge >= 0.3 is 0 Å². The van der Waals surface area contributed by atoms with Crippen molar-refractivity contribution in [1.29, 1.82) is 0 Å². The van der Waals surface area contributed by atoms with E-state index in [1.165, 1.54) is 18.6 Å². The van der Waals surface area contributed by atoms with Gasteiger partial charge in [0, 0.05) is 18.5 Å². The number of carbonyl (C=O) groups is 1. The molecule has 2 N–H and O–H groups in total. The molecule has 132 valence electrons. The number of nitrogens with zero attached hydrogens (tertiary/aromatic N) is 1. The number of nitrogens with one attached hydrogen (secondary N) is 1. The second-order valence-corrected chi connectivity index (χ2v) is 7.01. The van der Waals surface area contributed by atoms with Crippen molar-refractivity contribution < 1.29 is 14.3 Å². The molecule has 2 fully saturated rings. The molecule has 3 rings (SSSR count). The van der Waals surface area contributed by atoms with E-state index in [2.05, 4.69) is 10.2 Å². The second-order valence-electron chi connectivity index (χ2n) is 7.01. The molecule has 1 aliphatic carbocycles. The number of aliphatic hydroxyl groups is 1. The molecule has 1 heterocycles. The van der Waals surface area contributed by atoms with E-state index in [4.69, 9.17) is 0 Å². The van der Waals surface area contributed by atoms with Gasteiger partial charge < -0.3 is 10.4 Å². The Labute approximate surface area is 143 Å². The van der Waals surface area contributed by atoms with Crippen LogP contribution in [0.5, 0.6) is 0 Å². The van der Waals surface area contributed by atoms with Gasteiger partial charge in [-0.05, 0) is 68.8 Å². The Morgan fingerprint density at radius 3 is 2.83 bits per heavy atom. The Bertz CT molecular complexity index is 549. The smallest absolute Gasteiger partial charge is 0.223 e. The zero-order valence-electron chi connectivity index (χ0n) is 14.1. The summed E-state index contributed by atoms with van der Waals surface area (Å²) in [5.74, 6) is 0.189. The van der Waals surface area contributed by atoms with Gasteiger partial charge in [-0.25, -0.2) is 4.39 Å². The maximum Gasteiger partial charge on any atom is 0.223 e. The molecule has 0 radical (unpaired) electrons. The molecule has 1 aliphatic heterocycles. The zero-order valence-corrected chi connectivity index (χ0v) is 14.1. The van der Waals surface area contributed by atoms with Crippen LogP contribution in [0, 0.1) is 11.7 Å². The lowest BCUT2D eigenvalue weighted by Crippen LogP contribution is -2.33. The van der Waals surface area contributed by atoms with E-state index >= 15 is 0 Å². The lowest BCUT2D eigenvalue weighted by molar-refractivity contribution is -0.122. The van der Waals surface area contributed by atoms with Crippen LogP contribution < -0.4 is 5.32 Å². The van der Waals surface area contributed by atoms with Crippen molar-refractivity contribution in [2.45, 2.75) is 44.1 Å². The van der Waals surface area contributed by atoms with Crippen LogP contribution in [0.3, 0.4) is 0 Å². The van der Waals surface area contributed by atoms with Crippen molar-refractivity contribution in [1.82, 2.24) is 10.2 Å². The van der Waals surface area contributed by atoms with Crippen LogP contribution in [0.1, 0.15) is 43.6 Å². The molecule has 0 bridgehead atoms. The van der Waals surface area contributed by atoms with Crippen molar-refractivity contribution in [3.05, 3.63) is 35.6 Å². The molecule has 24 heavy (non-hydrogen) atoms. The van der Waals surface area contributed by atoms with Gasteiger partial charge in [-0.3, -0.25) is 9.69 Å². The monoisotopic (exact) mass is 334 g/mol. The SMILES string of the molecule is O=C(NCCCCN1CCCC1CO)C1CC1c1ccc(F)cc1. The van der Waals surface area contributed by atoms with Crippen LogP contribution in [-0.2, 0) is 4.79 Å². The van der Waals surface area contributed by atoms with E-state index in [0.717, 1.165) is 44.3 Å². The van der Waals surface area contributed by atoms with Crippen molar-refractivity contribution in [2.24, 2.45) is 5.92 Å². The van der Waals surface area contributed by atoms with E-state index in [0.29, 0.717) is 12.6 Å². The number of benzene rings is 1. The number of hydrogen-bond donors (Lipinski definition) is 2. The van der Waals surface area contributed by atoms with Crippen molar-refractivity contribution in [2.75, 3.05) is 26.2 Å². The fourth-order valence-electron chi connectivity index (χ4n) is 3.74. The van der Waals surface area contributed by atoms with Crippen LogP contribution in [0.4, 0.5) is 4.39 Å². The Balaban J connectivity index is 1.30. The summed E-state index contributed by atoms with van der Waals surface area (Å²) in [6.45, 7) is 3.05. The third-order valence-electron chi connectivity index (χ3n) is 5.31. The number of unbranched alkanes of at least 4 members (excludes halogenated alkanes) is 1. The van der Waals surface area contributed by atoms with Gasteiger partial charge in [0.1, 0.15) is 5.82 Å². The third kappa shape index (κ3) is 4.33. The number of amides is 1. The summed E-state index contributed by atoms with van der Waals surface area (Å²) in [6.07, 6.45) is 5.15. The highest BCUT2D eigenvalue weighted by molar-refractivity contribution is 5.82. The maximum atomic E-state index is 12.9. The molecule has 4 nitrogen and oxygen atoms in total. The molecule has 3 unspecified atom stereocenters. The molecule has 3 atom stereocenters. The second kappa shape index (κ2) is 8.08. The highest BCUT2D eigenvalue weighted by Crippen LogP contribution is 2.47. The first-order valence-electron chi connectivity index (χ1n) is 9.07. The molecule has 1 saturated heterocycles. The van der Waals surface area contributed by atoms with Gasteiger partial charge in [0.2, 0.25) is 5.91 Å². The van der Waals surface area contributed by atoms with Gasteiger partial charge in [-0.2, -0.15) is 0 Å². The number of rotatable bonds is 8. The van der Waals surface area contributed by atoms with Crippen LogP contribution in [-0.4, -0.2) is 48.2 Å². The normalized spacial score (nSPS) is 26.5. The van der Waals surface area contributed by atoms with Crippen molar-refractivity contribution >= 4 is 5.91 Å². The first kappa shape index (κ1) is 17.4. The summed E-state index contributed by atoms with van der Waals surface area (Å²) in [4.78, 5) is 14.5.